The van der Waals surface area contributed by atoms with Crippen molar-refractivity contribution in [2.45, 2.75) is 0 Å². The van der Waals surface area contributed by atoms with E-state index in [-0.39, 0.29) is 11.5 Å². The predicted molar refractivity (Wildman–Crippen MR) is 75.2 cm³/mol. The van der Waals surface area contributed by atoms with Gasteiger partial charge in [0.1, 0.15) is 5.75 Å². The van der Waals surface area contributed by atoms with Gasteiger partial charge >= 0.3 is 0 Å². The number of carbonyl (C=O) groups is 3. The molecule has 3 N–H and O–H groups in total. The van der Waals surface area contributed by atoms with Gasteiger partial charge in [-0.05, 0) is 36.0 Å². The molecule has 1 heterocycles. The maximum atomic E-state index is 11.5. The first-order valence-corrected chi connectivity index (χ1v) is 6.60. The molecule has 0 aromatic heterocycles. The van der Waals surface area contributed by atoms with Crippen LogP contribution in [0.1, 0.15) is 5.56 Å². The molecule has 0 aliphatic carbocycles. The summed E-state index contributed by atoms with van der Waals surface area (Å²) in [5, 5.41) is 2.13. The van der Waals surface area contributed by atoms with Crippen molar-refractivity contribution in [3.05, 3.63) is 33.7 Å². The highest BCUT2D eigenvalue weighted by Gasteiger charge is 2.25. The number of halogens is 1. The molecule has 0 bridgehead atoms. The molecule has 2 rings (SSSR count). The van der Waals surface area contributed by atoms with E-state index in [2.05, 4.69) is 5.32 Å². The van der Waals surface area contributed by atoms with E-state index in [0.717, 1.165) is 11.8 Å². The minimum atomic E-state index is -0.623. The molecule has 1 fully saturated rings. The molecule has 1 aromatic carbocycles. The SMILES string of the molecule is NC(=O)COc1ccc(Cl)cc1/C=C1\SC(=O)NC1=O. The van der Waals surface area contributed by atoms with E-state index in [1.807, 2.05) is 0 Å². The maximum Gasteiger partial charge on any atom is 0.290 e. The molecule has 6 nitrogen and oxygen atoms in total. The lowest BCUT2D eigenvalue weighted by Crippen LogP contribution is -2.20. The Hall–Kier alpha value is -1.99. The molecule has 20 heavy (non-hydrogen) atoms. The zero-order valence-corrected chi connectivity index (χ0v) is 11.6. The van der Waals surface area contributed by atoms with Gasteiger partial charge in [0.25, 0.3) is 17.1 Å². The van der Waals surface area contributed by atoms with Crippen molar-refractivity contribution in [2.24, 2.45) is 5.73 Å². The van der Waals surface area contributed by atoms with Crippen molar-refractivity contribution in [2.75, 3.05) is 6.61 Å². The highest BCUT2D eigenvalue weighted by Crippen LogP contribution is 2.30. The molecule has 0 spiro atoms. The summed E-state index contributed by atoms with van der Waals surface area (Å²) in [7, 11) is 0. The van der Waals surface area contributed by atoms with Crippen LogP contribution >= 0.6 is 23.4 Å². The number of ether oxygens (including phenoxy) is 1. The normalized spacial score (nSPS) is 16.4. The first-order valence-electron chi connectivity index (χ1n) is 5.41. The van der Waals surface area contributed by atoms with Crippen LogP contribution in [0.3, 0.4) is 0 Å². The van der Waals surface area contributed by atoms with Crippen LogP contribution in [-0.2, 0) is 9.59 Å². The van der Waals surface area contributed by atoms with Gasteiger partial charge in [0.05, 0.1) is 4.91 Å². The van der Waals surface area contributed by atoms with Crippen LogP contribution in [0.15, 0.2) is 23.1 Å². The van der Waals surface area contributed by atoms with Crippen molar-refractivity contribution >= 4 is 46.5 Å². The summed E-state index contributed by atoms with van der Waals surface area (Å²) in [6.07, 6.45) is 1.47. The van der Waals surface area contributed by atoms with Crippen LogP contribution in [0.4, 0.5) is 4.79 Å². The molecule has 1 aliphatic rings. The number of primary amides is 1. The lowest BCUT2D eigenvalue weighted by atomic mass is 10.2. The Balaban J connectivity index is 2.32. The van der Waals surface area contributed by atoms with Crippen molar-refractivity contribution in [1.82, 2.24) is 5.32 Å². The number of amides is 3. The van der Waals surface area contributed by atoms with Crippen LogP contribution in [0, 0.1) is 0 Å². The van der Waals surface area contributed by atoms with Gasteiger partial charge in [-0.25, -0.2) is 0 Å². The van der Waals surface area contributed by atoms with E-state index in [0.29, 0.717) is 16.3 Å². The number of benzene rings is 1. The van der Waals surface area contributed by atoms with E-state index in [1.54, 1.807) is 18.2 Å². The van der Waals surface area contributed by atoms with Crippen molar-refractivity contribution in [3.63, 3.8) is 0 Å². The fourth-order valence-electron chi connectivity index (χ4n) is 1.47. The van der Waals surface area contributed by atoms with Gasteiger partial charge in [0.2, 0.25) is 0 Å². The van der Waals surface area contributed by atoms with Gasteiger partial charge < -0.3 is 10.5 Å². The van der Waals surface area contributed by atoms with Crippen molar-refractivity contribution in [1.29, 1.82) is 0 Å². The molecule has 0 unspecified atom stereocenters. The zero-order chi connectivity index (χ0) is 14.7. The number of hydrogen-bond donors (Lipinski definition) is 2. The molecular formula is C12H9ClN2O4S. The molecule has 0 radical (unpaired) electrons. The van der Waals surface area contributed by atoms with Crippen LogP contribution in [0.5, 0.6) is 5.75 Å². The third-order valence-corrected chi connectivity index (χ3v) is 3.32. The van der Waals surface area contributed by atoms with Gasteiger partial charge in [-0.3, -0.25) is 19.7 Å². The maximum absolute atomic E-state index is 11.5. The molecular weight excluding hydrogens is 304 g/mol. The summed E-state index contributed by atoms with van der Waals surface area (Å²) in [4.78, 5) is 33.5. The highest BCUT2D eigenvalue weighted by atomic mass is 35.5. The lowest BCUT2D eigenvalue weighted by molar-refractivity contribution is -0.120. The number of imide groups is 1. The molecule has 1 aromatic rings. The molecule has 0 saturated carbocycles. The summed E-state index contributed by atoms with van der Waals surface area (Å²) in [5.41, 5.74) is 5.48. The Kier molecular flexibility index (Phi) is 4.31. The summed E-state index contributed by atoms with van der Waals surface area (Å²) in [6, 6.07) is 4.69. The highest BCUT2D eigenvalue weighted by molar-refractivity contribution is 8.18. The van der Waals surface area contributed by atoms with Crippen LogP contribution in [0.2, 0.25) is 5.02 Å². The molecule has 1 aliphatic heterocycles. The van der Waals surface area contributed by atoms with E-state index in [9.17, 15) is 14.4 Å². The standard InChI is InChI=1S/C12H9ClN2O4S/c13-7-1-2-8(19-5-10(14)16)6(3-7)4-9-11(17)15-12(18)20-9/h1-4H,5H2,(H2,14,16)(H,15,17,18)/b9-4-. The predicted octanol–water partition coefficient (Wildman–Crippen LogP) is 1.53. The minimum absolute atomic E-state index is 0.223. The topological polar surface area (TPSA) is 98.5 Å². The fourth-order valence-corrected chi connectivity index (χ4v) is 2.33. The van der Waals surface area contributed by atoms with Crippen LogP contribution < -0.4 is 15.8 Å². The van der Waals surface area contributed by atoms with Gasteiger partial charge in [-0.2, -0.15) is 0 Å². The van der Waals surface area contributed by atoms with Crippen molar-refractivity contribution in [3.8, 4) is 5.75 Å². The Morgan fingerprint density at radius 2 is 2.20 bits per heavy atom. The molecule has 8 heteroatoms. The molecule has 3 amide bonds. The van der Waals surface area contributed by atoms with Gasteiger partial charge in [0, 0.05) is 10.6 Å². The van der Waals surface area contributed by atoms with Gasteiger partial charge in [-0.1, -0.05) is 11.6 Å². The monoisotopic (exact) mass is 312 g/mol. The Labute approximate surface area is 123 Å². The van der Waals surface area contributed by atoms with Gasteiger partial charge in [0.15, 0.2) is 6.61 Å². The average molecular weight is 313 g/mol. The number of nitrogens with one attached hydrogen (secondary N) is 1. The fraction of sp³-hybridized carbons (Fsp3) is 0.0833. The third kappa shape index (κ3) is 3.52. The second kappa shape index (κ2) is 5.98. The Morgan fingerprint density at radius 3 is 2.80 bits per heavy atom. The molecule has 104 valence electrons. The third-order valence-electron chi connectivity index (χ3n) is 2.27. The number of hydrogen-bond acceptors (Lipinski definition) is 5. The quantitative estimate of drug-likeness (QED) is 0.821. The summed E-state index contributed by atoms with van der Waals surface area (Å²) >= 11 is 6.66. The van der Waals surface area contributed by atoms with E-state index < -0.39 is 17.1 Å². The average Bonchev–Trinajstić information content (AvgIpc) is 2.66. The number of rotatable bonds is 4. The first kappa shape index (κ1) is 14.4. The summed E-state index contributed by atoms with van der Waals surface area (Å²) in [6.45, 7) is -0.296. The Bertz CT molecular complexity index is 630. The number of nitrogens with two attached hydrogens (primary N) is 1. The lowest BCUT2D eigenvalue weighted by Gasteiger charge is -2.08. The zero-order valence-electron chi connectivity index (χ0n) is 10.0. The second-order valence-corrected chi connectivity index (χ2v) is 5.24. The summed E-state index contributed by atoms with van der Waals surface area (Å²) < 4.78 is 5.22. The van der Waals surface area contributed by atoms with E-state index in [4.69, 9.17) is 22.1 Å². The molecule has 0 atom stereocenters. The second-order valence-electron chi connectivity index (χ2n) is 3.79. The Morgan fingerprint density at radius 1 is 1.45 bits per heavy atom. The minimum Gasteiger partial charge on any atom is -0.483 e. The van der Waals surface area contributed by atoms with Gasteiger partial charge in [-0.15, -0.1) is 0 Å². The summed E-state index contributed by atoms with van der Waals surface area (Å²) in [5.74, 6) is -0.768. The van der Waals surface area contributed by atoms with E-state index in [1.165, 1.54) is 6.08 Å². The largest absolute Gasteiger partial charge is 0.483 e. The van der Waals surface area contributed by atoms with Crippen LogP contribution in [-0.4, -0.2) is 23.7 Å². The number of thioether (sulfide) groups is 1. The smallest absolute Gasteiger partial charge is 0.290 e. The molecule has 1 saturated heterocycles. The van der Waals surface area contributed by atoms with E-state index >= 15 is 0 Å². The number of carbonyl (C=O) groups excluding carboxylic acids is 3. The first-order chi connectivity index (χ1) is 9.45. The van der Waals surface area contributed by atoms with Crippen molar-refractivity contribution < 1.29 is 19.1 Å². The van der Waals surface area contributed by atoms with Crippen LogP contribution in [0.25, 0.3) is 6.08 Å².